The molecular formula is C16H21ClN4. The highest BCUT2D eigenvalue weighted by Gasteiger charge is 2.29. The maximum absolute atomic E-state index is 6.15. The summed E-state index contributed by atoms with van der Waals surface area (Å²) in [6.45, 7) is 6.42. The average molecular weight is 305 g/mol. The lowest BCUT2D eigenvalue weighted by Gasteiger charge is -2.42. The van der Waals surface area contributed by atoms with Crippen molar-refractivity contribution in [2.45, 2.75) is 32.0 Å². The molecule has 4 nitrogen and oxygen atoms in total. The fourth-order valence-corrected chi connectivity index (χ4v) is 3.32. The van der Waals surface area contributed by atoms with Crippen LogP contribution in [0.25, 0.3) is 11.0 Å². The largest absolute Gasteiger partial charge is 0.311 e. The smallest absolute Gasteiger partial charge is 0.0890 e. The van der Waals surface area contributed by atoms with Gasteiger partial charge in [-0.25, -0.2) is 0 Å². The van der Waals surface area contributed by atoms with E-state index >= 15 is 0 Å². The van der Waals surface area contributed by atoms with Gasteiger partial charge in [0, 0.05) is 49.5 Å². The van der Waals surface area contributed by atoms with E-state index in [1.807, 2.05) is 0 Å². The zero-order valence-electron chi connectivity index (χ0n) is 12.5. The van der Waals surface area contributed by atoms with Crippen LogP contribution >= 0.6 is 11.6 Å². The van der Waals surface area contributed by atoms with Crippen molar-refractivity contribution in [2.24, 2.45) is 0 Å². The third kappa shape index (κ3) is 3.03. The van der Waals surface area contributed by atoms with Crippen molar-refractivity contribution < 1.29 is 0 Å². The van der Waals surface area contributed by atoms with Gasteiger partial charge < -0.3 is 5.32 Å². The van der Waals surface area contributed by atoms with Crippen LogP contribution in [0.15, 0.2) is 30.6 Å². The highest BCUT2D eigenvalue weighted by atomic mass is 35.5. The Bertz CT molecular complexity index is 618. The van der Waals surface area contributed by atoms with E-state index in [1.54, 1.807) is 12.4 Å². The Balaban J connectivity index is 1.89. The second-order valence-corrected chi connectivity index (χ2v) is 6.10. The molecule has 21 heavy (non-hydrogen) atoms. The first kappa shape index (κ1) is 14.7. The summed E-state index contributed by atoms with van der Waals surface area (Å²) >= 11 is 6.15. The van der Waals surface area contributed by atoms with Crippen molar-refractivity contribution >= 4 is 22.6 Å². The number of aromatic nitrogens is 2. The van der Waals surface area contributed by atoms with Crippen molar-refractivity contribution in [1.29, 1.82) is 0 Å². The van der Waals surface area contributed by atoms with Crippen molar-refractivity contribution in [3.05, 3.63) is 36.2 Å². The van der Waals surface area contributed by atoms with Gasteiger partial charge in [-0.15, -0.1) is 11.6 Å². The topological polar surface area (TPSA) is 41.1 Å². The van der Waals surface area contributed by atoms with Crippen LogP contribution in [0.2, 0.25) is 0 Å². The molecule has 112 valence electrons. The molecule has 1 aromatic heterocycles. The highest BCUT2D eigenvalue weighted by molar-refractivity contribution is 6.18. The van der Waals surface area contributed by atoms with Gasteiger partial charge in [-0.3, -0.25) is 14.9 Å². The van der Waals surface area contributed by atoms with Gasteiger partial charge in [0.2, 0.25) is 0 Å². The second kappa shape index (κ2) is 6.26. The van der Waals surface area contributed by atoms with Crippen molar-refractivity contribution in [2.75, 3.05) is 19.0 Å². The number of halogens is 1. The lowest BCUT2D eigenvalue weighted by atomic mass is 10.0. The zero-order valence-corrected chi connectivity index (χ0v) is 13.2. The third-order valence-corrected chi connectivity index (χ3v) is 4.66. The van der Waals surface area contributed by atoms with Crippen LogP contribution in [0.3, 0.4) is 0 Å². The molecule has 1 aromatic carbocycles. The molecule has 5 heteroatoms. The number of piperazine rings is 1. The molecule has 1 aliphatic rings. The minimum absolute atomic E-state index is 0.324. The fourth-order valence-electron chi connectivity index (χ4n) is 3.03. The standard InChI is InChI=1S/C16H21ClN4/c1-11-10-21(14(8-17)9-20-11)12(2)13-3-4-15-16(7-13)19-6-5-18-15/h3-7,11-12,14,20H,8-10H2,1-2H3/t11-,12?,14+/m0/s1. The van der Waals surface area contributed by atoms with E-state index < -0.39 is 0 Å². The Morgan fingerprint density at radius 1 is 1.33 bits per heavy atom. The Labute approximate surface area is 130 Å². The van der Waals surface area contributed by atoms with Crippen molar-refractivity contribution in [1.82, 2.24) is 20.2 Å². The Kier molecular flexibility index (Phi) is 4.38. The summed E-state index contributed by atoms with van der Waals surface area (Å²) in [5, 5.41) is 3.50. The Morgan fingerprint density at radius 3 is 2.86 bits per heavy atom. The second-order valence-electron chi connectivity index (χ2n) is 5.79. The number of benzene rings is 1. The van der Waals surface area contributed by atoms with Crippen molar-refractivity contribution in [3.63, 3.8) is 0 Å². The molecule has 1 N–H and O–H groups in total. The first-order valence-corrected chi connectivity index (χ1v) is 7.98. The van der Waals surface area contributed by atoms with Crippen LogP contribution in [0.4, 0.5) is 0 Å². The van der Waals surface area contributed by atoms with E-state index in [4.69, 9.17) is 11.6 Å². The molecule has 0 amide bonds. The summed E-state index contributed by atoms with van der Waals surface area (Å²) < 4.78 is 0. The number of hydrogen-bond acceptors (Lipinski definition) is 4. The summed E-state index contributed by atoms with van der Waals surface area (Å²) in [6, 6.07) is 7.53. The normalized spacial score (nSPS) is 25.1. The molecule has 0 aliphatic carbocycles. The maximum Gasteiger partial charge on any atom is 0.0890 e. The Morgan fingerprint density at radius 2 is 2.10 bits per heavy atom. The van der Waals surface area contributed by atoms with Gasteiger partial charge in [-0.2, -0.15) is 0 Å². The molecule has 1 fully saturated rings. The molecule has 1 aliphatic heterocycles. The number of alkyl halides is 1. The first-order chi connectivity index (χ1) is 10.2. The van der Waals surface area contributed by atoms with Crippen LogP contribution < -0.4 is 5.32 Å². The predicted octanol–water partition coefficient (Wildman–Crippen LogP) is 2.59. The zero-order chi connectivity index (χ0) is 14.8. The van der Waals surface area contributed by atoms with Crippen LogP contribution in [-0.4, -0.2) is 45.9 Å². The van der Waals surface area contributed by atoms with E-state index in [9.17, 15) is 0 Å². The molecule has 0 saturated carbocycles. The predicted molar refractivity (Wildman–Crippen MR) is 86.6 cm³/mol. The lowest BCUT2D eigenvalue weighted by Crippen LogP contribution is -2.56. The summed E-state index contributed by atoms with van der Waals surface area (Å²) in [5.74, 6) is 0.650. The number of rotatable bonds is 3. The van der Waals surface area contributed by atoms with Gasteiger partial charge in [0.15, 0.2) is 0 Å². The summed E-state index contributed by atoms with van der Waals surface area (Å²) in [4.78, 5) is 11.2. The molecule has 3 atom stereocenters. The molecule has 0 spiro atoms. The van der Waals surface area contributed by atoms with Gasteiger partial charge in [0.05, 0.1) is 11.0 Å². The Hall–Kier alpha value is -1.23. The van der Waals surface area contributed by atoms with Gasteiger partial charge in [0.1, 0.15) is 0 Å². The summed E-state index contributed by atoms with van der Waals surface area (Å²) in [6.07, 6.45) is 3.47. The molecule has 1 unspecified atom stereocenters. The molecule has 1 saturated heterocycles. The third-order valence-electron chi connectivity index (χ3n) is 4.31. The molecule has 2 heterocycles. The first-order valence-electron chi connectivity index (χ1n) is 7.45. The van der Waals surface area contributed by atoms with Gasteiger partial charge >= 0.3 is 0 Å². The van der Waals surface area contributed by atoms with E-state index in [2.05, 4.69) is 52.2 Å². The molecule has 2 aromatic rings. The van der Waals surface area contributed by atoms with Gasteiger partial charge in [0.25, 0.3) is 0 Å². The molecule has 0 radical (unpaired) electrons. The number of hydrogen-bond donors (Lipinski definition) is 1. The van der Waals surface area contributed by atoms with E-state index in [1.165, 1.54) is 5.56 Å². The fraction of sp³-hybridized carbons (Fsp3) is 0.500. The molecule has 0 bridgehead atoms. The van der Waals surface area contributed by atoms with E-state index in [0.717, 1.165) is 24.1 Å². The van der Waals surface area contributed by atoms with Crippen LogP contribution in [0.1, 0.15) is 25.5 Å². The minimum Gasteiger partial charge on any atom is -0.311 e. The number of nitrogens with one attached hydrogen (secondary N) is 1. The van der Waals surface area contributed by atoms with Crippen LogP contribution in [-0.2, 0) is 0 Å². The lowest BCUT2D eigenvalue weighted by molar-refractivity contribution is 0.105. The van der Waals surface area contributed by atoms with Gasteiger partial charge in [-0.1, -0.05) is 6.07 Å². The average Bonchev–Trinajstić information content (AvgIpc) is 2.53. The van der Waals surface area contributed by atoms with Crippen LogP contribution in [0, 0.1) is 0 Å². The number of nitrogens with zero attached hydrogens (tertiary/aromatic N) is 3. The highest BCUT2D eigenvalue weighted by Crippen LogP contribution is 2.26. The molecule has 3 rings (SSSR count). The maximum atomic E-state index is 6.15. The van der Waals surface area contributed by atoms with Gasteiger partial charge in [-0.05, 0) is 31.5 Å². The summed E-state index contributed by atoms with van der Waals surface area (Å²) in [5.41, 5.74) is 3.16. The molecular weight excluding hydrogens is 284 g/mol. The van der Waals surface area contributed by atoms with E-state index in [-0.39, 0.29) is 0 Å². The number of fused-ring (bicyclic) bond motifs is 1. The SMILES string of the molecule is CC(c1ccc2nccnc2c1)N1C[C@H](C)NC[C@H]1CCl. The summed E-state index contributed by atoms with van der Waals surface area (Å²) in [7, 11) is 0. The van der Waals surface area contributed by atoms with Crippen LogP contribution in [0.5, 0.6) is 0 Å². The quantitative estimate of drug-likeness (QED) is 0.885. The van der Waals surface area contributed by atoms with E-state index in [0.29, 0.717) is 24.0 Å². The minimum atomic E-state index is 0.324. The van der Waals surface area contributed by atoms with Crippen molar-refractivity contribution in [3.8, 4) is 0 Å². The monoisotopic (exact) mass is 304 g/mol.